The van der Waals surface area contributed by atoms with Crippen LogP contribution >= 0.6 is 0 Å². The zero-order valence-electron chi connectivity index (χ0n) is 13.8. The van der Waals surface area contributed by atoms with E-state index in [1.807, 2.05) is 6.07 Å². The van der Waals surface area contributed by atoms with Gasteiger partial charge in [0.2, 0.25) is 5.91 Å². The van der Waals surface area contributed by atoms with Crippen LogP contribution < -0.4 is 5.32 Å². The molecule has 0 unspecified atom stereocenters. The highest BCUT2D eigenvalue weighted by Crippen LogP contribution is 2.64. The van der Waals surface area contributed by atoms with E-state index in [2.05, 4.69) is 10.5 Å². The zero-order chi connectivity index (χ0) is 16.8. The van der Waals surface area contributed by atoms with Crippen molar-refractivity contribution in [1.82, 2.24) is 10.5 Å². The topological polar surface area (TPSA) is 92.4 Å². The molecule has 0 radical (unpaired) electrons. The van der Waals surface area contributed by atoms with E-state index in [0.29, 0.717) is 24.5 Å². The van der Waals surface area contributed by atoms with Gasteiger partial charge in [-0.25, -0.2) is 0 Å². The number of amides is 1. The lowest BCUT2D eigenvalue weighted by molar-refractivity contribution is -0.181. The van der Waals surface area contributed by atoms with E-state index in [-0.39, 0.29) is 17.9 Å². The lowest BCUT2D eigenvalue weighted by Gasteiger charge is -2.58. The van der Waals surface area contributed by atoms with Crippen molar-refractivity contribution in [3.63, 3.8) is 0 Å². The molecule has 1 spiro atoms. The molecular weight excluding hydrogens is 308 g/mol. The minimum Gasteiger partial charge on any atom is -0.480 e. The third kappa shape index (κ3) is 2.43. The third-order valence-electron chi connectivity index (χ3n) is 6.38. The first kappa shape index (κ1) is 15.7. The number of aliphatic carboxylic acids is 1. The molecule has 0 saturated heterocycles. The van der Waals surface area contributed by atoms with Gasteiger partial charge in [0.25, 0.3) is 0 Å². The van der Waals surface area contributed by atoms with Crippen LogP contribution in [-0.2, 0) is 16.1 Å². The highest BCUT2D eigenvalue weighted by molar-refractivity contribution is 6.03. The van der Waals surface area contributed by atoms with Crippen molar-refractivity contribution in [2.24, 2.45) is 10.8 Å². The van der Waals surface area contributed by atoms with Gasteiger partial charge in [-0.3, -0.25) is 9.59 Å². The maximum atomic E-state index is 12.5. The van der Waals surface area contributed by atoms with Crippen LogP contribution in [0.2, 0.25) is 0 Å². The van der Waals surface area contributed by atoms with E-state index in [0.717, 1.165) is 37.9 Å². The standard InChI is InChI=1S/C18H24N2O4/c21-15(18(16(22)23)10-17(11-18)6-3-7-17)19-9-13-8-14(24-20-13)12-4-1-2-5-12/h8,12H,1-7,9-11H2,(H,19,21)(H,22,23). The Hall–Kier alpha value is -1.85. The molecule has 3 fully saturated rings. The van der Waals surface area contributed by atoms with E-state index in [4.69, 9.17) is 4.52 Å². The summed E-state index contributed by atoms with van der Waals surface area (Å²) in [6.07, 6.45) is 8.94. The van der Waals surface area contributed by atoms with E-state index < -0.39 is 11.4 Å². The lowest BCUT2D eigenvalue weighted by atomic mass is 9.45. The van der Waals surface area contributed by atoms with E-state index in [9.17, 15) is 14.7 Å². The average Bonchev–Trinajstić information content (AvgIpc) is 3.13. The molecule has 6 heteroatoms. The fourth-order valence-electron chi connectivity index (χ4n) is 4.82. The van der Waals surface area contributed by atoms with Crippen LogP contribution in [-0.4, -0.2) is 22.1 Å². The number of nitrogens with one attached hydrogen (secondary N) is 1. The molecule has 3 aliphatic carbocycles. The number of carbonyl (C=O) groups excluding carboxylic acids is 1. The molecule has 1 amide bonds. The molecule has 0 atom stereocenters. The molecule has 4 rings (SSSR count). The SMILES string of the molecule is O=C(O)C1(C(=O)NCc2cc(C3CCCC3)on2)CC2(CCC2)C1. The van der Waals surface area contributed by atoms with E-state index in [1.165, 1.54) is 12.8 Å². The molecule has 1 heterocycles. The number of carbonyl (C=O) groups is 2. The average molecular weight is 332 g/mol. The van der Waals surface area contributed by atoms with Gasteiger partial charge in [-0.2, -0.15) is 0 Å². The van der Waals surface area contributed by atoms with Gasteiger partial charge in [0.05, 0.1) is 6.54 Å². The van der Waals surface area contributed by atoms with Crippen LogP contribution in [0.5, 0.6) is 0 Å². The monoisotopic (exact) mass is 332 g/mol. The van der Waals surface area contributed by atoms with Crippen molar-refractivity contribution in [2.45, 2.75) is 70.3 Å². The van der Waals surface area contributed by atoms with Gasteiger partial charge in [-0.05, 0) is 43.9 Å². The summed E-state index contributed by atoms with van der Waals surface area (Å²) in [5, 5.41) is 16.3. The molecule has 1 aromatic heterocycles. The Bertz CT molecular complexity index is 648. The van der Waals surface area contributed by atoms with Gasteiger partial charge in [-0.1, -0.05) is 24.4 Å². The van der Waals surface area contributed by atoms with Crippen molar-refractivity contribution >= 4 is 11.9 Å². The van der Waals surface area contributed by atoms with Gasteiger partial charge < -0.3 is 14.9 Å². The number of carboxylic acids is 1. The third-order valence-corrected chi connectivity index (χ3v) is 6.38. The smallest absolute Gasteiger partial charge is 0.319 e. The Labute approximate surface area is 141 Å². The van der Waals surface area contributed by atoms with Crippen molar-refractivity contribution in [2.75, 3.05) is 0 Å². The quantitative estimate of drug-likeness (QED) is 0.809. The van der Waals surface area contributed by atoms with Crippen molar-refractivity contribution in [1.29, 1.82) is 0 Å². The number of rotatable bonds is 5. The van der Waals surface area contributed by atoms with Gasteiger partial charge in [0.15, 0.2) is 0 Å². The minimum atomic E-state index is -1.24. The summed E-state index contributed by atoms with van der Waals surface area (Å²) in [6, 6.07) is 1.90. The van der Waals surface area contributed by atoms with Crippen LogP contribution in [0.25, 0.3) is 0 Å². The second kappa shape index (κ2) is 5.60. The Kier molecular flexibility index (Phi) is 3.66. The van der Waals surface area contributed by atoms with E-state index >= 15 is 0 Å². The van der Waals surface area contributed by atoms with Gasteiger partial charge in [0, 0.05) is 12.0 Å². The van der Waals surface area contributed by atoms with Crippen LogP contribution in [0.3, 0.4) is 0 Å². The highest BCUT2D eigenvalue weighted by Gasteiger charge is 2.64. The van der Waals surface area contributed by atoms with Gasteiger partial charge >= 0.3 is 5.97 Å². The summed E-state index contributed by atoms with van der Waals surface area (Å²) >= 11 is 0. The van der Waals surface area contributed by atoms with Gasteiger partial charge in [-0.15, -0.1) is 0 Å². The molecule has 0 aromatic carbocycles. The predicted octanol–water partition coefficient (Wildman–Crippen LogP) is 2.98. The lowest BCUT2D eigenvalue weighted by Crippen LogP contribution is -2.61. The van der Waals surface area contributed by atoms with Crippen LogP contribution in [0.15, 0.2) is 10.6 Å². The summed E-state index contributed by atoms with van der Waals surface area (Å²) < 4.78 is 5.40. The van der Waals surface area contributed by atoms with Crippen LogP contribution in [0.1, 0.15) is 75.2 Å². The maximum Gasteiger partial charge on any atom is 0.319 e. The maximum absolute atomic E-state index is 12.5. The molecule has 1 aromatic rings. The Morgan fingerprint density at radius 2 is 1.96 bits per heavy atom. The number of aromatic nitrogens is 1. The van der Waals surface area contributed by atoms with E-state index in [1.54, 1.807) is 0 Å². The second-order valence-corrected chi connectivity index (χ2v) is 7.98. The molecule has 24 heavy (non-hydrogen) atoms. The molecule has 6 nitrogen and oxygen atoms in total. The molecule has 0 aliphatic heterocycles. The summed E-state index contributed by atoms with van der Waals surface area (Å²) in [6.45, 7) is 0.233. The zero-order valence-corrected chi connectivity index (χ0v) is 13.8. The number of carboxylic acid groups (broad SMARTS) is 1. The summed E-state index contributed by atoms with van der Waals surface area (Å²) in [4.78, 5) is 24.2. The fraction of sp³-hybridized carbons (Fsp3) is 0.722. The minimum absolute atomic E-state index is 0.124. The molecule has 130 valence electrons. The number of nitrogens with zero attached hydrogens (tertiary/aromatic N) is 1. The molecule has 3 saturated carbocycles. The largest absolute Gasteiger partial charge is 0.480 e. The van der Waals surface area contributed by atoms with Crippen LogP contribution in [0.4, 0.5) is 0 Å². The molecular formula is C18H24N2O4. The first-order valence-electron chi connectivity index (χ1n) is 9.00. The highest BCUT2D eigenvalue weighted by atomic mass is 16.5. The normalized spacial score (nSPS) is 24.3. The first-order valence-corrected chi connectivity index (χ1v) is 9.00. The first-order chi connectivity index (χ1) is 11.5. The Morgan fingerprint density at radius 3 is 2.54 bits per heavy atom. The van der Waals surface area contributed by atoms with Crippen molar-refractivity contribution in [3.05, 3.63) is 17.5 Å². The second-order valence-electron chi connectivity index (χ2n) is 7.98. The van der Waals surface area contributed by atoms with Crippen molar-refractivity contribution in [3.8, 4) is 0 Å². The van der Waals surface area contributed by atoms with Crippen molar-refractivity contribution < 1.29 is 19.2 Å². The number of hydrogen-bond donors (Lipinski definition) is 2. The summed E-state index contributed by atoms with van der Waals surface area (Å²) in [7, 11) is 0. The Balaban J connectivity index is 1.36. The molecule has 3 aliphatic rings. The fourth-order valence-corrected chi connectivity index (χ4v) is 4.82. The molecule has 2 N–H and O–H groups in total. The predicted molar refractivity (Wildman–Crippen MR) is 85.1 cm³/mol. The summed E-state index contributed by atoms with van der Waals surface area (Å²) in [5.74, 6) is -0.0403. The summed E-state index contributed by atoms with van der Waals surface area (Å²) in [5.41, 5.74) is -0.444. The molecule has 0 bridgehead atoms. The van der Waals surface area contributed by atoms with Crippen LogP contribution in [0, 0.1) is 10.8 Å². The van der Waals surface area contributed by atoms with Gasteiger partial charge in [0.1, 0.15) is 16.9 Å². The Morgan fingerprint density at radius 1 is 1.25 bits per heavy atom. The number of hydrogen-bond acceptors (Lipinski definition) is 4.